The maximum atomic E-state index is 8.57. The zero-order chi connectivity index (χ0) is 17.4. The van der Waals surface area contributed by atoms with E-state index >= 15 is 0 Å². The van der Waals surface area contributed by atoms with Gasteiger partial charge in [-0.05, 0) is 6.42 Å². The van der Waals surface area contributed by atoms with Gasteiger partial charge in [-0.1, -0.05) is 64.7 Å². The van der Waals surface area contributed by atoms with Crippen molar-refractivity contribution in [3.8, 4) is 0 Å². The fourth-order valence-electron chi connectivity index (χ4n) is 2.05. The second-order valence-corrected chi connectivity index (χ2v) is 5.58. The van der Waals surface area contributed by atoms with E-state index in [1.807, 2.05) is 0 Å². The van der Waals surface area contributed by atoms with Gasteiger partial charge >= 0.3 is 0 Å². The van der Waals surface area contributed by atoms with Crippen LogP contribution in [0.25, 0.3) is 0 Å². The number of aliphatic hydroxyl groups is 3. The number of rotatable bonds is 17. The molecule has 0 bridgehead atoms. The van der Waals surface area contributed by atoms with Crippen molar-refractivity contribution >= 4 is 0 Å². The lowest BCUT2D eigenvalue weighted by Gasteiger charge is -2.01. The predicted molar refractivity (Wildman–Crippen MR) is 94.7 cm³/mol. The third-order valence-corrected chi connectivity index (χ3v) is 3.35. The topological polar surface area (TPSA) is 79.2 Å². The molecule has 0 amide bonds. The first-order valence-electron chi connectivity index (χ1n) is 9.31. The molecule has 0 fully saturated rings. The van der Waals surface area contributed by atoms with Crippen LogP contribution in [0.5, 0.6) is 0 Å². The molecule has 0 aliphatic carbocycles. The molecule has 142 valence electrons. The van der Waals surface area contributed by atoms with Gasteiger partial charge in [0, 0.05) is 6.61 Å². The van der Waals surface area contributed by atoms with E-state index in [1.54, 1.807) is 0 Å². The summed E-state index contributed by atoms with van der Waals surface area (Å²) in [6, 6.07) is 0. The number of ether oxygens (including phenoxy) is 2. The summed E-state index contributed by atoms with van der Waals surface area (Å²) < 4.78 is 9.75. The normalized spacial score (nSPS) is 10.4. The van der Waals surface area contributed by atoms with E-state index in [-0.39, 0.29) is 13.2 Å². The van der Waals surface area contributed by atoms with Crippen LogP contribution >= 0.6 is 0 Å². The molecule has 0 unspecified atom stereocenters. The summed E-state index contributed by atoms with van der Waals surface area (Å²) in [6.07, 6.45) is 13.3. The third-order valence-electron chi connectivity index (χ3n) is 3.35. The minimum absolute atomic E-state index is 0.0417. The molecule has 23 heavy (non-hydrogen) atoms. The second-order valence-electron chi connectivity index (χ2n) is 5.58. The van der Waals surface area contributed by atoms with Crippen LogP contribution in [0, 0.1) is 0 Å². The Hall–Kier alpha value is -0.200. The van der Waals surface area contributed by atoms with E-state index < -0.39 is 0 Å². The standard InChI is InChI=1S/C12H26O.C6H14O4/c1-2-3-4-5-6-7-8-9-10-11-12-13;7-1-3-9-5-6-10-4-2-8/h13H,2-12H2,1H3;7-8H,1-6H2. The van der Waals surface area contributed by atoms with Crippen LogP contribution < -0.4 is 0 Å². The summed E-state index contributed by atoms with van der Waals surface area (Å²) in [5.41, 5.74) is 0. The van der Waals surface area contributed by atoms with Crippen LogP contribution in [0.15, 0.2) is 0 Å². The van der Waals surface area contributed by atoms with Gasteiger partial charge < -0.3 is 24.8 Å². The Labute approximate surface area is 143 Å². The van der Waals surface area contributed by atoms with Crippen LogP contribution in [0.1, 0.15) is 71.1 Å². The molecule has 5 nitrogen and oxygen atoms in total. The molecule has 0 spiro atoms. The fraction of sp³-hybridized carbons (Fsp3) is 1.00. The van der Waals surface area contributed by atoms with Gasteiger partial charge in [-0.25, -0.2) is 0 Å². The molecule has 0 aliphatic rings. The highest BCUT2D eigenvalue weighted by molar-refractivity contribution is 4.46. The molecular weight excluding hydrogens is 296 g/mol. The highest BCUT2D eigenvalue weighted by Crippen LogP contribution is 2.09. The Morgan fingerprint density at radius 3 is 1.22 bits per heavy atom. The van der Waals surface area contributed by atoms with E-state index in [4.69, 9.17) is 24.8 Å². The van der Waals surface area contributed by atoms with Crippen molar-refractivity contribution in [2.75, 3.05) is 46.2 Å². The van der Waals surface area contributed by atoms with Crippen molar-refractivity contribution < 1.29 is 24.8 Å². The van der Waals surface area contributed by atoms with Gasteiger partial charge in [0.05, 0.1) is 39.6 Å². The molecule has 0 atom stereocenters. The summed E-state index contributed by atoms with van der Waals surface area (Å²) in [5, 5.41) is 25.1. The lowest BCUT2D eigenvalue weighted by Crippen LogP contribution is -2.09. The Balaban J connectivity index is 0. The molecule has 0 aromatic heterocycles. The van der Waals surface area contributed by atoms with Crippen molar-refractivity contribution in [2.45, 2.75) is 71.1 Å². The predicted octanol–water partition coefficient (Wildman–Crippen LogP) is 2.90. The largest absolute Gasteiger partial charge is 0.396 e. The number of hydrogen-bond donors (Lipinski definition) is 3. The van der Waals surface area contributed by atoms with E-state index in [0.29, 0.717) is 33.0 Å². The maximum absolute atomic E-state index is 8.57. The van der Waals surface area contributed by atoms with E-state index in [9.17, 15) is 0 Å². The highest BCUT2D eigenvalue weighted by atomic mass is 16.5. The molecular formula is C18H40O5. The van der Waals surface area contributed by atoms with Crippen molar-refractivity contribution in [1.82, 2.24) is 0 Å². The van der Waals surface area contributed by atoms with Crippen LogP contribution in [-0.2, 0) is 9.47 Å². The Kier molecular flexibility index (Phi) is 29.1. The number of unbranched alkanes of at least 4 members (excludes halogenated alkanes) is 9. The maximum Gasteiger partial charge on any atom is 0.0701 e. The lowest BCUT2D eigenvalue weighted by molar-refractivity contribution is 0.0222. The van der Waals surface area contributed by atoms with Crippen molar-refractivity contribution in [1.29, 1.82) is 0 Å². The van der Waals surface area contributed by atoms with E-state index in [2.05, 4.69) is 6.92 Å². The fourth-order valence-corrected chi connectivity index (χ4v) is 2.05. The SMILES string of the molecule is CCCCCCCCCCCCO.OCCOCCOCCO. The first-order valence-corrected chi connectivity index (χ1v) is 9.31. The zero-order valence-corrected chi connectivity index (χ0v) is 15.2. The van der Waals surface area contributed by atoms with Gasteiger partial charge in [-0.15, -0.1) is 0 Å². The summed E-state index contributed by atoms with van der Waals surface area (Å²) in [6.45, 7) is 4.36. The lowest BCUT2D eigenvalue weighted by atomic mass is 10.1. The van der Waals surface area contributed by atoms with Crippen LogP contribution in [-0.4, -0.2) is 61.6 Å². The Bertz CT molecular complexity index is 161. The Morgan fingerprint density at radius 2 is 0.870 bits per heavy atom. The minimum Gasteiger partial charge on any atom is -0.396 e. The number of hydrogen-bond acceptors (Lipinski definition) is 5. The molecule has 0 aromatic carbocycles. The quantitative estimate of drug-likeness (QED) is 0.356. The third kappa shape index (κ3) is 30.3. The summed E-state index contributed by atoms with van der Waals surface area (Å²) in [7, 11) is 0. The molecule has 0 aromatic rings. The molecule has 0 radical (unpaired) electrons. The van der Waals surface area contributed by atoms with E-state index in [1.165, 1.54) is 57.8 Å². The smallest absolute Gasteiger partial charge is 0.0701 e. The summed E-state index contributed by atoms with van der Waals surface area (Å²) in [4.78, 5) is 0. The summed E-state index contributed by atoms with van der Waals surface area (Å²) >= 11 is 0. The second kappa shape index (κ2) is 26.7. The Morgan fingerprint density at radius 1 is 0.478 bits per heavy atom. The molecule has 5 heteroatoms. The molecule has 0 saturated carbocycles. The van der Waals surface area contributed by atoms with Crippen LogP contribution in [0.3, 0.4) is 0 Å². The molecule has 0 aliphatic heterocycles. The molecule has 0 heterocycles. The zero-order valence-electron chi connectivity index (χ0n) is 15.2. The van der Waals surface area contributed by atoms with E-state index in [0.717, 1.165) is 6.42 Å². The molecule has 0 saturated heterocycles. The monoisotopic (exact) mass is 336 g/mol. The van der Waals surface area contributed by atoms with Gasteiger partial charge in [0.25, 0.3) is 0 Å². The van der Waals surface area contributed by atoms with Crippen molar-refractivity contribution in [3.05, 3.63) is 0 Å². The van der Waals surface area contributed by atoms with Crippen molar-refractivity contribution in [3.63, 3.8) is 0 Å². The van der Waals surface area contributed by atoms with Crippen LogP contribution in [0.4, 0.5) is 0 Å². The molecule has 3 N–H and O–H groups in total. The summed E-state index contributed by atoms with van der Waals surface area (Å²) in [5.74, 6) is 0. The molecule has 0 rings (SSSR count). The first kappa shape index (κ1) is 25.0. The first-order chi connectivity index (χ1) is 11.3. The van der Waals surface area contributed by atoms with Gasteiger partial charge in [0.15, 0.2) is 0 Å². The minimum atomic E-state index is 0.0417. The van der Waals surface area contributed by atoms with Gasteiger partial charge in [-0.3, -0.25) is 0 Å². The van der Waals surface area contributed by atoms with Crippen molar-refractivity contribution in [2.24, 2.45) is 0 Å². The average Bonchev–Trinajstić information content (AvgIpc) is 2.57. The highest BCUT2D eigenvalue weighted by Gasteiger charge is 1.91. The van der Waals surface area contributed by atoms with Gasteiger partial charge in [0.1, 0.15) is 0 Å². The van der Waals surface area contributed by atoms with Crippen LogP contribution in [0.2, 0.25) is 0 Å². The average molecular weight is 337 g/mol. The number of aliphatic hydroxyl groups excluding tert-OH is 3. The van der Waals surface area contributed by atoms with Gasteiger partial charge in [-0.2, -0.15) is 0 Å². The van der Waals surface area contributed by atoms with Gasteiger partial charge in [0.2, 0.25) is 0 Å².